The fourth-order valence-corrected chi connectivity index (χ4v) is 2.49. The van der Waals surface area contributed by atoms with Crippen LogP contribution in [0, 0.1) is 5.82 Å². The van der Waals surface area contributed by atoms with Crippen LogP contribution >= 0.6 is 22.9 Å². The summed E-state index contributed by atoms with van der Waals surface area (Å²) in [5, 5.41) is 1.89. The van der Waals surface area contributed by atoms with Gasteiger partial charge in [0.05, 0.1) is 5.02 Å². The van der Waals surface area contributed by atoms with E-state index in [1.54, 1.807) is 17.4 Å². The average molecular weight is 269 g/mol. The van der Waals surface area contributed by atoms with Crippen molar-refractivity contribution in [3.8, 4) is 0 Å². The summed E-state index contributed by atoms with van der Waals surface area (Å²) in [6.45, 7) is 0. The van der Waals surface area contributed by atoms with Gasteiger partial charge in [-0.05, 0) is 30.0 Å². The topological polar surface area (TPSA) is 17.1 Å². The lowest BCUT2D eigenvalue weighted by Crippen LogP contribution is -2.02. The van der Waals surface area contributed by atoms with E-state index >= 15 is 0 Å². The lowest BCUT2D eigenvalue weighted by molar-refractivity contribution is 0.0983. The molecule has 1 aromatic carbocycles. The van der Waals surface area contributed by atoms with E-state index in [4.69, 9.17) is 11.6 Å². The number of benzene rings is 1. The third-order valence-electron chi connectivity index (χ3n) is 2.43. The molecule has 1 nitrogen and oxygen atoms in total. The van der Waals surface area contributed by atoms with E-state index in [-0.39, 0.29) is 16.4 Å². The first kappa shape index (κ1) is 12.3. The minimum absolute atomic E-state index is 0.0799. The number of Topliss-reactive ketones (excluding diaryl/α,β-unsaturated/α-hetero) is 1. The van der Waals surface area contributed by atoms with E-state index in [1.807, 2.05) is 17.5 Å². The summed E-state index contributed by atoms with van der Waals surface area (Å²) in [5.74, 6) is -0.670. The second-order valence-electron chi connectivity index (χ2n) is 3.60. The van der Waals surface area contributed by atoms with Crippen LogP contribution in [0.15, 0.2) is 35.7 Å². The zero-order chi connectivity index (χ0) is 12.3. The van der Waals surface area contributed by atoms with Crippen molar-refractivity contribution < 1.29 is 9.18 Å². The number of carbonyl (C=O) groups is 1. The summed E-state index contributed by atoms with van der Waals surface area (Å²) in [6, 6.07) is 8.23. The SMILES string of the molecule is O=C(CCc1cccs1)c1cccc(F)c1Cl. The first-order chi connectivity index (χ1) is 8.18. The molecular weight excluding hydrogens is 259 g/mol. The molecule has 17 heavy (non-hydrogen) atoms. The first-order valence-electron chi connectivity index (χ1n) is 5.18. The summed E-state index contributed by atoms with van der Waals surface area (Å²) in [7, 11) is 0. The largest absolute Gasteiger partial charge is 0.294 e. The number of ketones is 1. The number of carbonyl (C=O) groups excluding carboxylic acids is 1. The van der Waals surface area contributed by atoms with Gasteiger partial charge in [-0.25, -0.2) is 4.39 Å². The molecule has 0 N–H and O–H groups in total. The van der Waals surface area contributed by atoms with Gasteiger partial charge in [-0.15, -0.1) is 11.3 Å². The van der Waals surface area contributed by atoms with Crippen molar-refractivity contribution in [1.82, 2.24) is 0 Å². The van der Waals surface area contributed by atoms with E-state index < -0.39 is 5.82 Å². The Balaban J connectivity index is 2.07. The molecule has 0 amide bonds. The molecule has 0 aliphatic carbocycles. The van der Waals surface area contributed by atoms with Crippen molar-refractivity contribution in [2.24, 2.45) is 0 Å². The Morgan fingerprint density at radius 2 is 2.12 bits per heavy atom. The van der Waals surface area contributed by atoms with Gasteiger partial charge in [0.2, 0.25) is 0 Å². The molecule has 0 saturated heterocycles. The van der Waals surface area contributed by atoms with Gasteiger partial charge < -0.3 is 0 Å². The molecular formula is C13H10ClFOS. The van der Waals surface area contributed by atoms with Crippen LogP contribution < -0.4 is 0 Å². The summed E-state index contributed by atoms with van der Waals surface area (Å²) in [6.07, 6.45) is 1.02. The smallest absolute Gasteiger partial charge is 0.164 e. The molecule has 0 radical (unpaired) electrons. The van der Waals surface area contributed by atoms with Gasteiger partial charge in [-0.2, -0.15) is 0 Å². The van der Waals surface area contributed by atoms with Crippen LogP contribution in [-0.4, -0.2) is 5.78 Å². The maximum Gasteiger partial charge on any atom is 0.164 e. The normalized spacial score (nSPS) is 10.5. The summed E-state index contributed by atoms with van der Waals surface area (Å²) in [5.41, 5.74) is 0.267. The number of hydrogen-bond donors (Lipinski definition) is 0. The van der Waals surface area contributed by atoms with Crippen molar-refractivity contribution in [1.29, 1.82) is 0 Å². The van der Waals surface area contributed by atoms with Crippen LogP contribution in [0.2, 0.25) is 5.02 Å². The summed E-state index contributed by atoms with van der Waals surface area (Å²) in [4.78, 5) is 13.0. The molecule has 0 atom stereocenters. The molecule has 88 valence electrons. The Hall–Kier alpha value is -1.19. The second kappa shape index (κ2) is 5.43. The van der Waals surface area contributed by atoms with E-state index in [9.17, 15) is 9.18 Å². The van der Waals surface area contributed by atoms with Gasteiger partial charge >= 0.3 is 0 Å². The van der Waals surface area contributed by atoms with Crippen molar-refractivity contribution in [2.45, 2.75) is 12.8 Å². The predicted molar refractivity (Wildman–Crippen MR) is 68.4 cm³/mol. The molecule has 2 aromatic rings. The van der Waals surface area contributed by atoms with Gasteiger partial charge in [0.25, 0.3) is 0 Å². The Kier molecular flexibility index (Phi) is 3.92. The van der Waals surface area contributed by atoms with Crippen LogP contribution in [0.25, 0.3) is 0 Å². The molecule has 0 saturated carbocycles. The second-order valence-corrected chi connectivity index (χ2v) is 5.01. The van der Waals surface area contributed by atoms with Crippen LogP contribution in [0.5, 0.6) is 0 Å². The maximum atomic E-state index is 13.2. The highest BCUT2D eigenvalue weighted by molar-refractivity contribution is 7.09. The van der Waals surface area contributed by atoms with Crippen molar-refractivity contribution in [2.75, 3.05) is 0 Å². The number of halogens is 2. The maximum absolute atomic E-state index is 13.2. The molecule has 4 heteroatoms. The highest BCUT2D eigenvalue weighted by Gasteiger charge is 2.13. The van der Waals surface area contributed by atoms with Gasteiger partial charge in [-0.1, -0.05) is 23.7 Å². The molecule has 0 unspecified atom stereocenters. The number of rotatable bonds is 4. The molecule has 1 aromatic heterocycles. The molecule has 0 spiro atoms. The van der Waals surface area contributed by atoms with Crippen LogP contribution in [0.3, 0.4) is 0 Å². The lowest BCUT2D eigenvalue weighted by Gasteiger charge is -2.03. The number of hydrogen-bond acceptors (Lipinski definition) is 2. The Morgan fingerprint density at radius 3 is 2.82 bits per heavy atom. The van der Waals surface area contributed by atoms with Crippen molar-refractivity contribution >= 4 is 28.7 Å². The molecule has 0 fully saturated rings. The predicted octanol–water partition coefficient (Wildman–Crippen LogP) is 4.36. The lowest BCUT2D eigenvalue weighted by atomic mass is 10.1. The zero-order valence-corrected chi connectivity index (χ0v) is 10.5. The third-order valence-corrected chi connectivity index (χ3v) is 3.75. The first-order valence-corrected chi connectivity index (χ1v) is 6.44. The van der Waals surface area contributed by atoms with E-state index in [0.717, 1.165) is 4.88 Å². The number of aryl methyl sites for hydroxylation is 1. The summed E-state index contributed by atoms with van der Waals surface area (Å²) < 4.78 is 13.2. The molecule has 2 rings (SSSR count). The number of thiophene rings is 1. The van der Waals surface area contributed by atoms with E-state index in [0.29, 0.717) is 12.8 Å². The Bertz CT molecular complexity index is 522. The Labute approximate surface area is 108 Å². The minimum atomic E-state index is -0.548. The summed E-state index contributed by atoms with van der Waals surface area (Å²) >= 11 is 7.36. The highest BCUT2D eigenvalue weighted by atomic mass is 35.5. The fourth-order valence-electron chi connectivity index (χ4n) is 1.55. The van der Waals surface area contributed by atoms with Crippen molar-refractivity contribution in [3.05, 3.63) is 57.0 Å². The Morgan fingerprint density at radius 1 is 1.29 bits per heavy atom. The fraction of sp³-hybridized carbons (Fsp3) is 0.154. The van der Waals surface area contributed by atoms with Gasteiger partial charge in [-0.3, -0.25) is 4.79 Å². The van der Waals surface area contributed by atoms with Gasteiger partial charge in [0.1, 0.15) is 5.82 Å². The highest BCUT2D eigenvalue weighted by Crippen LogP contribution is 2.22. The third kappa shape index (κ3) is 2.93. The van der Waals surface area contributed by atoms with Crippen LogP contribution in [0.1, 0.15) is 21.7 Å². The van der Waals surface area contributed by atoms with Gasteiger partial charge in [0.15, 0.2) is 5.78 Å². The van der Waals surface area contributed by atoms with Crippen molar-refractivity contribution in [3.63, 3.8) is 0 Å². The van der Waals surface area contributed by atoms with E-state index in [2.05, 4.69) is 0 Å². The van der Waals surface area contributed by atoms with Gasteiger partial charge in [0, 0.05) is 16.9 Å². The molecule has 0 bridgehead atoms. The van der Waals surface area contributed by atoms with Crippen LogP contribution in [-0.2, 0) is 6.42 Å². The molecule has 0 aliphatic rings. The van der Waals surface area contributed by atoms with E-state index in [1.165, 1.54) is 12.1 Å². The standard InChI is InChI=1S/C13H10ClFOS/c14-13-10(4-1-5-11(13)15)12(16)7-6-9-3-2-8-17-9/h1-5,8H,6-7H2. The molecule has 1 heterocycles. The quantitative estimate of drug-likeness (QED) is 0.753. The zero-order valence-electron chi connectivity index (χ0n) is 8.95. The van der Waals surface area contributed by atoms with Crippen LogP contribution in [0.4, 0.5) is 4.39 Å². The minimum Gasteiger partial charge on any atom is -0.294 e. The average Bonchev–Trinajstić information content (AvgIpc) is 2.82. The molecule has 0 aliphatic heterocycles. The monoisotopic (exact) mass is 268 g/mol.